The van der Waals surface area contributed by atoms with Crippen molar-refractivity contribution in [2.75, 3.05) is 0 Å². The van der Waals surface area contributed by atoms with Crippen LogP contribution in [0, 0.1) is 11.6 Å². The fourth-order valence-electron chi connectivity index (χ4n) is 22.5. The standard InChI is InChI=1S/C27H33F2P2.C5H5.Fe/c1-19(31(26(2,3)4)27(5,6)7)24-9-8-10-25(24)30(22-15-11-20(28)12-16-22)23-17-13-21(29)14-18-23;1-2-4-5-3-1;/h8-19H,1-7H3;1-5H;. The Hall–Kier alpha value is -0.321. The third-order valence-electron chi connectivity index (χ3n) is 19.8. The van der Waals surface area contributed by atoms with Crippen molar-refractivity contribution in [3.63, 3.8) is 0 Å². The molecule has 5 unspecified atom stereocenters. The zero-order chi connectivity index (χ0) is 25.6. The monoisotopic (exact) mass is 578 g/mol. The van der Waals surface area contributed by atoms with E-state index in [1.54, 1.807) is 24.3 Å². The Morgan fingerprint density at radius 3 is 1.41 bits per heavy atom. The second-order valence-corrected chi connectivity index (χ2v) is 48.7. The van der Waals surface area contributed by atoms with Crippen molar-refractivity contribution in [2.24, 2.45) is 0 Å². The zero-order valence-corrected chi connectivity index (χ0v) is 25.7. The minimum absolute atomic E-state index is 0.130. The van der Waals surface area contributed by atoms with Gasteiger partial charge in [-0.2, -0.15) is 0 Å². The number of rotatable bonds is 5. The van der Waals surface area contributed by atoms with Gasteiger partial charge in [0.2, 0.25) is 0 Å². The maximum absolute atomic E-state index is 14.3. The van der Waals surface area contributed by atoms with Crippen LogP contribution in [0.25, 0.3) is 0 Å². The number of benzene rings is 2. The average molecular weight is 578 g/mol. The summed E-state index contributed by atoms with van der Waals surface area (Å²) in [4.78, 5) is 9.51. The maximum atomic E-state index is 14.3. The van der Waals surface area contributed by atoms with Gasteiger partial charge >= 0.3 is 213 Å². The Morgan fingerprint density at radius 2 is 1.08 bits per heavy atom. The molecular weight excluding hydrogens is 540 g/mol. The van der Waals surface area contributed by atoms with Crippen LogP contribution in [0.4, 0.5) is 8.78 Å². The molecule has 2 aromatic carbocycles. The molecule has 0 bridgehead atoms. The summed E-state index contributed by atoms with van der Waals surface area (Å²) < 4.78 is 29.8. The summed E-state index contributed by atoms with van der Waals surface area (Å²) in [6.07, 6.45) is 0. The first-order chi connectivity index (χ1) is 17.1. The summed E-state index contributed by atoms with van der Waals surface area (Å²) >= 11 is 0. The van der Waals surface area contributed by atoms with E-state index in [0.717, 1.165) is 10.5 Å². The summed E-state index contributed by atoms with van der Waals surface area (Å²) in [5, 5.41) is 3.48. The number of hydrogen-bond acceptors (Lipinski definition) is 0. The van der Waals surface area contributed by atoms with Gasteiger partial charge in [-0.1, -0.05) is 0 Å². The SMILES string of the molecule is CC(P(C(C)(C)C)C(C)(C)C)[C@@]12[CH]3[CH]4[CH]5[C]1(P(c1ccc(F)cc1)c1ccc(F)cc1)[Fe]45321678[CH]2[CH]1[CH]6[CH]7[CH]28. The number of fused-ring (bicyclic) bond motifs is 10. The molecule has 10 aliphatic heterocycles. The molecule has 0 saturated carbocycles. The van der Waals surface area contributed by atoms with Crippen LogP contribution in [-0.4, -0.2) is 20.0 Å². The van der Waals surface area contributed by atoms with E-state index >= 15 is 0 Å². The zero-order valence-electron chi connectivity index (χ0n) is 22.8. The van der Waals surface area contributed by atoms with Gasteiger partial charge in [0.15, 0.2) is 0 Å². The minimum atomic E-state index is -3.88. The van der Waals surface area contributed by atoms with Gasteiger partial charge in [0.25, 0.3) is 0 Å². The van der Waals surface area contributed by atoms with Gasteiger partial charge in [0.05, 0.1) is 0 Å². The molecular formula is C32H38F2FeP2. The van der Waals surface area contributed by atoms with Crippen LogP contribution >= 0.6 is 15.8 Å². The predicted molar refractivity (Wildman–Crippen MR) is 150 cm³/mol. The summed E-state index contributed by atoms with van der Waals surface area (Å²) in [5.41, 5.74) is 0.831. The van der Waals surface area contributed by atoms with Crippen LogP contribution in [0.3, 0.4) is 0 Å². The molecule has 1 spiro atoms. The Labute approximate surface area is 212 Å². The number of hydrogen-bond donors (Lipinski definition) is 0. The van der Waals surface area contributed by atoms with E-state index in [4.69, 9.17) is 0 Å². The van der Waals surface area contributed by atoms with E-state index in [1.807, 2.05) is 0 Å². The Bertz CT molecular complexity index is 1810. The second kappa shape index (κ2) is 2.90. The molecule has 0 nitrogen and oxygen atoms in total. The van der Waals surface area contributed by atoms with Crippen molar-refractivity contribution in [1.29, 1.82) is 0 Å². The summed E-state index contributed by atoms with van der Waals surface area (Å²) in [6, 6.07) is 15.4. The first kappa shape index (κ1) is 20.5. The summed E-state index contributed by atoms with van der Waals surface area (Å²) in [6.45, 7) is 14.1. The first-order valence-corrected chi connectivity index (χ1v) is 23.4. The fraction of sp³-hybridized carbons (Fsp3) is 0.625. The van der Waals surface area contributed by atoms with Crippen molar-refractivity contribution in [3.8, 4) is 0 Å². The van der Waals surface area contributed by atoms with Crippen LogP contribution in [0.2, 0.25) is 42.8 Å². The van der Waals surface area contributed by atoms with Crippen molar-refractivity contribution in [1.82, 2.24) is 0 Å². The van der Waals surface area contributed by atoms with Gasteiger partial charge in [-0.15, -0.1) is 0 Å². The van der Waals surface area contributed by atoms with E-state index in [9.17, 15) is 8.78 Å². The Balaban J connectivity index is 1.19. The molecule has 0 amide bonds. The van der Waals surface area contributed by atoms with Crippen LogP contribution in [0.15, 0.2) is 48.5 Å². The molecule has 0 radical (unpaired) electrons. The van der Waals surface area contributed by atoms with E-state index in [0.29, 0.717) is 18.7 Å². The van der Waals surface area contributed by atoms with Gasteiger partial charge in [-0.3, -0.25) is 0 Å². The van der Waals surface area contributed by atoms with Gasteiger partial charge in [0, 0.05) is 0 Å². The quantitative estimate of drug-likeness (QED) is 0.245. The molecule has 2 aromatic rings. The van der Waals surface area contributed by atoms with Crippen molar-refractivity contribution >= 4 is 26.5 Å². The third-order valence-corrected chi connectivity index (χ3v) is 74.3. The number of halogens is 2. The molecule has 5 heteroatoms. The van der Waals surface area contributed by atoms with Gasteiger partial charge in [0.1, 0.15) is 0 Å². The second-order valence-electron chi connectivity index (χ2n) is 18.4. The van der Waals surface area contributed by atoms with E-state index in [2.05, 4.69) is 72.7 Å². The summed E-state index contributed by atoms with van der Waals surface area (Å²) in [5.74, 6) is -0.259. The Kier molecular flexibility index (Phi) is 1.61. The van der Waals surface area contributed by atoms with Crippen molar-refractivity contribution < 1.29 is 15.3 Å². The summed E-state index contributed by atoms with van der Waals surface area (Å²) in [7, 11) is -0.783. The van der Waals surface area contributed by atoms with E-state index < -0.39 is 14.4 Å². The van der Waals surface area contributed by atoms with Crippen LogP contribution < -0.4 is 10.6 Å². The predicted octanol–water partition coefficient (Wildman–Crippen LogP) is 9.53. The van der Waals surface area contributed by atoms with Gasteiger partial charge in [-0.05, 0) is 0 Å². The van der Waals surface area contributed by atoms with Gasteiger partial charge in [-0.25, -0.2) is 0 Å². The first-order valence-electron chi connectivity index (χ1n) is 14.4. The van der Waals surface area contributed by atoms with E-state index in [-0.39, 0.29) is 19.6 Å². The molecule has 10 heterocycles. The van der Waals surface area contributed by atoms with Crippen molar-refractivity contribution in [2.45, 2.75) is 111 Å². The Morgan fingerprint density at radius 1 is 0.676 bits per heavy atom. The molecule has 10 fully saturated rings. The molecule has 37 heavy (non-hydrogen) atoms. The molecule has 10 saturated heterocycles. The van der Waals surface area contributed by atoms with Crippen molar-refractivity contribution in [3.05, 3.63) is 60.2 Å². The van der Waals surface area contributed by atoms with Crippen LogP contribution in [-0.2, 0) is 6.51 Å². The topological polar surface area (TPSA) is 0 Å². The molecule has 6 atom stereocenters. The van der Waals surface area contributed by atoms with E-state index in [1.165, 1.54) is 44.3 Å². The van der Waals surface area contributed by atoms with Gasteiger partial charge < -0.3 is 0 Å². The molecule has 12 rings (SSSR count). The average Bonchev–Trinajstić information content (AvgIpc) is 3.74. The third kappa shape index (κ3) is 0.506. The molecule has 10 aliphatic rings. The van der Waals surface area contributed by atoms with Crippen LogP contribution in [0.1, 0.15) is 48.5 Å². The molecule has 0 aliphatic carbocycles. The normalized spacial score (nSPS) is 65.3. The molecule has 198 valence electrons. The molecule has 0 aromatic heterocycles. The molecule has 0 N–H and O–H groups in total. The van der Waals surface area contributed by atoms with Crippen LogP contribution in [0.5, 0.6) is 0 Å². The fourth-order valence-corrected chi connectivity index (χ4v) is 122.